The second-order valence-corrected chi connectivity index (χ2v) is 12.3. The number of pyridine rings is 1. The Hall–Kier alpha value is -5.71. The number of nitrogens with zero attached hydrogens (tertiary/aromatic N) is 3. The van der Waals surface area contributed by atoms with E-state index in [0.717, 1.165) is 45.2 Å². The van der Waals surface area contributed by atoms with E-state index in [0.29, 0.717) is 0 Å². The summed E-state index contributed by atoms with van der Waals surface area (Å²) in [6.45, 7) is 0. The maximum atomic E-state index is 5.18. The molecular weight excluding hydrogens is 567 g/mol. The van der Waals surface area contributed by atoms with Crippen LogP contribution in [-0.2, 0) is 0 Å². The van der Waals surface area contributed by atoms with Crippen LogP contribution in [0.15, 0.2) is 164 Å². The summed E-state index contributed by atoms with van der Waals surface area (Å²) in [6.07, 6.45) is 0. The molecule has 0 aliphatic heterocycles. The molecule has 0 spiro atoms. The topological polar surface area (TPSA) is 21.1 Å². The van der Waals surface area contributed by atoms with Gasteiger partial charge in [0.25, 0.3) is 0 Å². The van der Waals surface area contributed by atoms with E-state index in [1.165, 1.54) is 30.9 Å². The number of hydrogen-bond acceptors (Lipinski definition) is 3. The zero-order valence-electron chi connectivity index (χ0n) is 24.3. The smallest absolute Gasteiger partial charge is 0.138 e. The molecule has 4 heteroatoms. The molecule has 0 bridgehead atoms. The minimum Gasteiger partial charge on any atom is -0.310 e. The standard InChI is InChI=1S/C41H27N3S/c1-3-13-28(14-4-1)34-19-11-24-40(42-34)44-35-20-9-7-18-32(35)41-36(21-12-22-37(41)44)43(29-15-5-2-6-16-29)30-25-26-39-33(27-30)31-17-8-10-23-38(31)45-39/h1-27H. The van der Waals surface area contributed by atoms with Crippen molar-refractivity contribution >= 4 is 70.4 Å². The summed E-state index contributed by atoms with van der Waals surface area (Å²) >= 11 is 1.85. The van der Waals surface area contributed by atoms with E-state index in [-0.39, 0.29) is 0 Å². The number of anilines is 3. The largest absolute Gasteiger partial charge is 0.310 e. The van der Waals surface area contributed by atoms with Gasteiger partial charge in [-0.25, -0.2) is 4.98 Å². The van der Waals surface area contributed by atoms with Gasteiger partial charge in [-0.2, -0.15) is 0 Å². The molecular formula is C41H27N3S. The van der Waals surface area contributed by atoms with Gasteiger partial charge in [-0.1, -0.05) is 97.1 Å². The predicted molar refractivity (Wildman–Crippen MR) is 192 cm³/mol. The molecule has 0 amide bonds. The van der Waals surface area contributed by atoms with Crippen molar-refractivity contribution in [3.8, 4) is 17.1 Å². The zero-order chi connectivity index (χ0) is 29.7. The number of aromatic nitrogens is 2. The van der Waals surface area contributed by atoms with Gasteiger partial charge in [0, 0.05) is 47.9 Å². The fourth-order valence-electron chi connectivity index (χ4n) is 6.61. The van der Waals surface area contributed by atoms with Crippen molar-refractivity contribution in [2.45, 2.75) is 0 Å². The highest BCUT2D eigenvalue weighted by Crippen LogP contribution is 2.45. The third kappa shape index (κ3) is 4.22. The number of fused-ring (bicyclic) bond motifs is 6. The molecule has 0 aliphatic rings. The molecule has 0 unspecified atom stereocenters. The van der Waals surface area contributed by atoms with E-state index in [4.69, 9.17) is 4.98 Å². The molecule has 45 heavy (non-hydrogen) atoms. The molecule has 9 aromatic rings. The monoisotopic (exact) mass is 593 g/mol. The zero-order valence-corrected chi connectivity index (χ0v) is 25.2. The lowest BCUT2D eigenvalue weighted by Gasteiger charge is -2.26. The summed E-state index contributed by atoms with van der Waals surface area (Å²) < 4.78 is 4.91. The lowest BCUT2D eigenvalue weighted by atomic mass is 10.1. The van der Waals surface area contributed by atoms with Crippen LogP contribution in [0.2, 0.25) is 0 Å². The fraction of sp³-hybridized carbons (Fsp3) is 0. The molecule has 0 N–H and O–H groups in total. The molecule has 212 valence electrons. The van der Waals surface area contributed by atoms with Crippen LogP contribution in [0.1, 0.15) is 0 Å². The van der Waals surface area contributed by atoms with Crippen molar-refractivity contribution in [1.29, 1.82) is 0 Å². The molecule has 0 radical (unpaired) electrons. The number of rotatable bonds is 5. The Morgan fingerprint density at radius 1 is 0.489 bits per heavy atom. The van der Waals surface area contributed by atoms with Crippen LogP contribution < -0.4 is 4.90 Å². The summed E-state index contributed by atoms with van der Waals surface area (Å²) in [6, 6.07) is 58.3. The van der Waals surface area contributed by atoms with E-state index in [9.17, 15) is 0 Å². The van der Waals surface area contributed by atoms with E-state index in [2.05, 4.69) is 167 Å². The van der Waals surface area contributed by atoms with E-state index >= 15 is 0 Å². The highest BCUT2D eigenvalue weighted by molar-refractivity contribution is 7.25. The summed E-state index contributed by atoms with van der Waals surface area (Å²) in [4.78, 5) is 7.59. The summed E-state index contributed by atoms with van der Waals surface area (Å²) in [5.41, 5.74) is 7.69. The third-order valence-electron chi connectivity index (χ3n) is 8.58. The van der Waals surface area contributed by atoms with Crippen LogP contribution in [0.25, 0.3) is 59.1 Å². The van der Waals surface area contributed by atoms with Crippen LogP contribution in [-0.4, -0.2) is 9.55 Å². The number of benzene rings is 6. The minimum atomic E-state index is 0.900. The molecule has 9 rings (SSSR count). The minimum absolute atomic E-state index is 0.900. The van der Waals surface area contributed by atoms with Gasteiger partial charge in [-0.05, 0) is 66.7 Å². The molecule has 0 saturated carbocycles. The summed E-state index contributed by atoms with van der Waals surface area (Å²) in [7, 11) is 0. The highest BCUT2D eigenvalue weighted by atomic mass is 32.1. The maximum absolute atomic E-state index is 5.18. The van der Waals surface area contributed by atoms with Gasteiger partial charge in [-0.3, -0.25) is 4.57 Å². The molecule has 0 aliphatic carbocycles. The lowest BCUT2D eigenvalue weighted by Crippen LogP contribution is -2.10. The fourth-order valence-corrected chi connectivity index (χ4v) is 7.69. The van der Waals surface area contributed by atoms with Crippen LogP contribution in [0, 0.1) is 0 Å². The molecule has 0 fully saturated rings. The second kappa shape index (κ2) is 10.5. The predicted octanol–water partition coefficient (Wildman–Crippen LogP) is 11.7. The first-order valence-corrected chi connectivity index (χ1v) is 16.0. The Kier molecular flexibility index (Phi) is 6.00. The Balaban J connectivity index is 1.32. The van der Waals surface area contributed by atoms with E-state index in [1.807, 2.05) is 17.4 Å². The number of hydrogen-bond donors (Lipinski definition) is 0. The van der Waals surface area contributed by atoms with Gasteiger partial charge in [0.1, 0.15) is 5.82 Å². The van der Waals surface area contributed by atoms with Crippen molar-refractivity contribution in [2.75, 3.05) is 4.90 Å². The van der Waals surface area contributed by atoms with Gasteiger partial charge in [0.05, 0.1) is 22.4 Å². The third-order valence-corrected chi connectivity index (χ3v) is 9.73. The molecule has 0 atom stereocenters. The first-order chi connectivity index (χ1) is 22.3. The normalized spacial score (nSPS) is 11.6. The molecule has 3 nitrogen and oxygen atoms in total. The van der Waals surface area contributed by atoms with E-state index < -0.39 is 0 Å². The first kappa shape index (κ1) is 25.8. The van der Waals surface area contributed by atoms with Gasteiger partial charge in [-0.15, -0.1) is 11.3 Å². The molecule has 3 heterocycles. The van der Waals surface area contributed by atoms with E-state index in [1.54, 1.807) is 0 Å². The first-order valence-electron chi connectivity index (χ1n) is 15.1. The summed E-state index contributed by atoms with van der Waals surface area (Å²) in [5, 5.41) is 4.97. The molecule has 6 aromatic carbocycles. The Morgan fingerprint density at radius 3 is 2.04 bits per heavy atom. The molecule has 0 saturated heterocycles. The van der Waals surface area contributed by atoms with Gasteiger partial charge < -0.3 is 4.90 Å². The SMILES string of the molecule is c1ccc(-c2cccc(-n3c4ccccc4c4c(N(c5ccccc5)c5ccc6sc7ccccc7c6c5)cccc43)n2)cc1. The van der Waals surface area contributed by atoms with Gasteiger partial charge >= 0.3 is 0 Å². The number of para-hydroxylation sites is 2. The Labute approximate surface area is 264 Å². The lowest BCUT2D eigenvalue weighted by molar-refractivity contribution is 1.08. The van der Waals surface area contributed by atoms with Crippen LogP contribution in [0.5, 0.6) is 0 Å². The molecule has 3 aromatic heterocycles. The summed E-state index contributed by atoms with van der Waals surface area (Å²) in [5.74, 6) is 0.900. The van der Waals surface area contributed by atoms with Crippen LogP contribution in [0.4, 0.5) is 17.1 Å². The van der Waals surface area contributed by atoms with Gasteiger partial charge in [0.15, 0.2) is 0 Å². The number of thiophene rings is 1. The van der Waals surface area contributed by atoms with Gasteiger partial charge in [0.2, 0.25) is 0 Å². The van der Waals surface area contributed by atoms with Crippen LogP contribution >= 0.6 is 11.3 Å². The Bertz CT molecular complexity index is 2490. The van der Waals surface area contributed by atoms with Crippen LogP contribution in [0.3, 0.4) is 0 Å². The van der Waals surface area contributed by atoms with Crippen molar-refractivity contribution in [1.82, 2.24) is 9.55 Å². The average molecular weight is 594 g/mol. The average Bonchev–Trinajstić information content (AvgIpc) is 3.65. The second-order valence-electron chi connectivity index (χ2n) is 11.2. The quantitative estimate of drug-likeness (QED) is 0.198. The van der Waals surface area contributed by atoms with Crippen molar-refractivity contribution in [2.24, 2.45) is 0 Å². The van der Waals surface area contributed by atoms with Crippen molar-refractivity contribution in [3.05, 3.63) is 164 Å². The van der Waals surface area contributed by atoms with Crippen molar-refractivity contribution < 1.29 is 0 Å². The van der Waals surface area contributed by atoms with Crippen molar-refractivity contribution in [3.63, 3.8) is 0 Å². The maximum Gasteiger partial charge on any atom is 0.138 e. The highest BCUT2D eigenvalue weighted by Gasteiger charge is 2.22. The Morgan fingerprint density at radius 2 is 1.18 bits per heavy atom.